The molecule has 0 saturated carbocycles. The summed E-state index contributed by atoms with van der Waals surface area (Å²) in [5.74, 6) is 0.649. The number of halogens is 1. The molecule has 0 spiro atoms. The summed E-state index contributed by atoms with van der Waals surface area (Å²) in [7, 11) is 0. The van der Waals surface area contributed by atoms with Gasteiger partial charge in [-0.15, -0.1) is 11.6 Å². The minimum Gasteiger partial charge on any atom is -0.443 e. The summed E-state index contributed by atoms with van der Waals surface area (Å²) in [5.41, 5.74) is 0.959. The topological polar surface area (TPSA) is 41.9 Å². The second-order valence-electron chi connectivity index (χ2n) is 4.43. The highest BCUT2D eigenvalue weighted by Gasteiger charge is 2.30. The number of carbonyl (C=O) groups is 1. The van der Waals surface area contributed by atoms with Crippen LogP contribution >= 0.6 is 11.6 Å². The zero-order chi connectivity index (χ0) is 13.5. The van der Waals surface area contributed by atoms with Crippen LogP contribution in [-0.2, 0) is 4.74 Å². The molecule has 1 unspecified atom stereocenters. The minimum atomic E-state index is -0.372. The van der Waals surface area contributed by atoms with Crippen LogP contribution in [0.25, 0.3) is 0 Å². The molecule has 5 heteroatoms. The molecule has 1 amide bonds. The van der Waals surface area contributed by atoms with Gasteiger partial charge in [-0.3, -0.25) is 0 Å². The number of ether oxygens (including phenoxy) is 1. The predicted molar refractivity (Wildman–Crippen MR) is 75.6 cm³/mol. The van der Waals surface area contributed by atoms with Crippen LogP contribution in [0.1, 0.15) is 24.8 Å². The molecule has 0 bridgehead atoms. The second-order valence-corrected chi connectivity index (χ2v) is 4.81. The monoisotopic (exact) mass is 280 g/mol. The molecule has 0 radical (unpaired) electrons. The van der Waals surface area contributed by atoms with Gasteiger partial charge in [0.05, 0.1) is 12.8 Å². The average Bonchev–Trinajstić information content (AvgIpc) is 2.78. The van der Waals surface area contributed by atoms with Gasteiger partial charge in [-0.25, -0.2) is 4.79 Å². The highest BCUT2D eigenvalue weighted by Crippen LogP contribution is 2.16. The number of cyclic esters (lactones) is 1. The first kappa shape index (κ1) is 13.9. The van der Waals surface area contributed by atoms with Crippen molar-refractivity contribution in [3.8, 4) is 0 Å². The van der Waals surface area contributed by atoms with E-state index in [0.29, 0.717) is 12.4 Å². The van der Waals surface area contributed by atoms with Crippen LogP contribution in [0.2, 0.25) is 0 Å². The summed E-state index contributed by atoms with van der Waals surface area (Å²) in [6.45, 7) is 0.518. The van der Waals surface area contributed by atoms with E-state index < -0.39 is 0 Å². The molecule has 1 heterocycles. The van der Waals surface area contributed by atoms with E-state index in [1.165, 1.54) is 5.01 Å². The van der Waals surface area contributed by atoms with E-state index in [0.717, 1.165) is 24.8 Å². The van der Waals surface area contributed by atoms with Gasteiger partial charge in [0.25, 0.3) is 0 Å². The van der Waals surface area contributed by atoms with Gasteiger partial charge in [0.1, 0.15) is 6.10 Å². The van der Waals surface area contributed by atoms with Crippen LogP contribution in [0.5, 0.6) is 0 Å². The molecule has 0 aromatic heterocycles. The quantitative estimate of drug-likeness (QED) is 0.456. The van der Waals surface area contributed by atoms with Crippen molar-refractivity contribution in [1.82, 2.24) is 5.01 Å². The molecule has 19 heavy (non-hydrogen) atoms. The van der Waals surface area contributed by atoms with E-state index in [1.54, 1.807) is 6.21 Å². The van der Waals surface area contributed by atoms with Gasteiger partial charge in [0, 0.05) is 5.88 Å². The molecule has 1 aromatic carbocycles. The zero-order valence-corrected chi connectivity index (χ0v) is 11.4. The van der Waals surface area contributed by atoms with Crippen molar-refractivity contribution in [3.63, 3.8) is 0 Å². The first-order valence-corrected chi connectivity index (χ1v) is 6.96. The summed E-state index contributed by atoms with van der Waals surface area (Å²) in [6.07, 6.45) is 3.99. The molecule has 1 fully saturated rings. The Balaban J connectivity index is 1.85. The Morgan fingerprint density at radius 1 is 1.37 bits per heavy atom. The van der Waals surface area contributed by atoms with Gasteiger partial charge in [0.15, 0.2) is 0 Å². The number of hydrogen-bond acceptors (Lipinski definition) is 3. The number of rotatable bonds is 6. The van der Waals surface area contributed by atoms with Crippen LogP contribution in [0, 0.1) is 0 Å². The molecule has 1 aliphatic rings. The molecule has 1 aromatic rings. The lowest BCUT2D eigenvalue weighted by Gasteiger charge is -2.06. The second kappa shape index (κ2) is 7.14. The zero-order valence-electron chi connectivity index (χ0n) is 10.7. The molecule has 1 aliphatic heterocycles. The number of nitrogens with zero attached hydrogens (tertiary/aromatic N) is 2. The maximum Gasteiger partial charge on any atom is 0.430 e. The van der Waals surface area contributed by atoms with Crippen molar-refractivity contribution >= 4 is 23.9 Å². The fraction of sp³-hybridized carbons (Fsp3) is 0.429. The summed E-state index contributed by atoms with van der Waals surface area (Å²) < 4.78 is 5.24. The molecule has 0 N–H and O–H groups in total. The average molecular weight is 281 g/mol. The largest absolute Gasteiger partial charge is 0.443 e. The van der Waals surface area contributed by atoms with Crippen molar-refractivity contribution in [1.29, 1.82) is 0 Å². The standard InChI is InChI=1S/C14H17ClN2O2/c15-9-5-4-8-13-11-17(14(18)19-13)16-10-12-6-2-1-3-7-12/h1-3,6-7,10,13H,4-5,8-9,11H2/b16-10+. The number of hydrogen-bond donors (Lipinski definition) is 0. The number of alkyl halides is 1. The summed E-state index contributed by atoms with van der Waals surface area (Å²) >= 11 is 5.62. The number of unbranched alkanes of at least 4 members (excludes halogenated alkanes) is 1. The maximum absolute atomic E-state index is 11.6. The van der Waals surface area contributed by atoms with E-state index in [2.05, 4.69) is 5.10 Å². The SMILES string of the molecule is O=C1OC(CCCCCl)CN1/N=C/c1ccccc1. The van der Waals surface area contributed by atoms with Gasteiger partial charge in [-0.2, -0.15) is 10.1 Å². The third-order valence-corrected chi connectivity index (χ3v) is 3.18. The Kier molecular flexibility index (Phi) is 5.21. The third kappa shape index (κ3) is 4.24. The van der Waals surface area contributed by atoms with Crippen LogP contribution in [0.3, 0.4) is 0 Å². The lowest BCUT2D eigenvalue weighted by Crippen LogP contribution is -2.19. The van der Waals surface area contributed by atoms with Gasteiger partial charge in [-0.1, -0.05) is 30.3 Å². The Hall–Kier alpha value is -1.55. The summed E-state index contributed by atoms with van der Waals surface area (Å²) in [4.78, 5) is 11.6. The Labute approximate surface area is 118 Å². The van der Waals surface area contributed by atoms with Crippen molar-refractivity contribution in [3.05, 3.63) is 35.9 Å². The van der Waals surface area contributed by atoms with Crippen molar-refractivity contribution in [2.45, 2.75) is 25.4 Å². The highest BCUT2D eigenvalue weighted by atomic mass is 35.5. The van der Waals surface area contributed by atoms with Crippen molar-refractivity contribution < 1.29 is 9.53 Å². The maximum atomic E-state index is 11.6. The number of hydrazone groups is 1. The van der Waals surface area contributed by atoms with Crippen LogP contribution in [0.15, 0.2) is 35.4 Å². The Bertz CT molecular complexity index is 436. The molecule has 4 nitrogen and oxygen atoms in total. The normalized spacial score (nSPS) is 19.1. The molecule has 1 saturated heterocycles. The minimum absolute atomic E-state index is 0.0661. The van der Waals surface area contributed by atoms with Crippen LogP contribution < -0.4 is 0 Å². The summed E-state index contributed by atoms with van der Waals surface area (Å²) in [6, 6.07) is 9.66. The van der Waals surface area contributed by atoms with Gasteiger partial charge in [-0.05, 0) is 24.8 Å². The van der Waals surface area contributed by atoms with E-state index >= 15 is 0 Å². The lowest BCUT2D eigenvalue weighted by molar-refractivity contribution is 0.128. The first-order valence-electron chi connectivity index (χ1n) is 6.43. The van der Waals surface area contributed by atoms with E-state index in [4.69, 9.17) is 16.3 Å². The number of amides is 1. The van der Waals surface area contributed by atoms with Crippen LogP contribution in [0.4, 0.5) is 4.79 Å². The van der Waals surface area contributed by atoms with Gasteiger partial charge < -0.3 is 4.74 Å². The fourth-order valence-electron chi connectivity index (χ4n) is 1.89. The molecule has 0 aliphatic carbocycles. The molecular weight excluding hydrogens is 264 g/mol. The highest BCUT2D eigenvalue weighted by molar-refractivity contribution is 6.17. The van der Waals surface area contributed by atoms with Crippen LogP contribution in [-0.4, -0.2) is 35.8 Å². The van der Waals surface area contributed by atoms with Gasteiger partial charge >= 0.3 is 6.09 Å². The predicted octanol–water partition coefficient (Wildman–Crippen LogP) is 3.25. The Morgan fingerprint density at radius 3 is 2.89 bits per heavy atom. The lowest BCUT2D eigenvalue weighted by atomic mass is 10.2. The third-order valence-electron chi connectivity index (χ3n) is 2.91. The summed E-state index contributed by atoms with van der Waals surface area (Å²) in [5, 5.41) is 5.53. The van der Waals surface area contributed by atoms with E-state index in [-0.39, 0.29) is 12.2 Å². The van der Waals surface area contributed by atoms with E-state index in [9.17, 15) is 4.79 Å². The number of carbonyl (C=O) groups excluding carboxylic acids is 1. The van der Waals surface area contributed by atoms with Gasteiger partial charge in [0.2, 0.25) is 0 Å². The molecule has 102 valence electrons. The molecular formula is C14H17ClN2O2. The first-order chi connectivity index (χ1) is 9.29. The Morgan fingerprint density at radius 2 is 2.16 bits per heavy atom. The molecule has 2 rings (SSSR count). The van der Waals surface area contributed by atoms with E-state index in [1.807, 2.05) is 30.3 Å². The van der Waals surface area contributed by atoms with Crippen molar-refractivity contribution in [2.75, 3.05) is 12.4 Å². The smallest absolute Gasteiger partial charge is 0.430 e. The molecule has 1 atom stereocenters. The number of benzene rings is 1. The van der Waals surface area contributed by atoms with Crippen molar-refractivity contribution in [2.24, 2.45) is 5.10 Å². The fourth-order valence-corrected chi connectivity index (χ4v) is 2.08.